The Labute approximate surface area is 281 Å². The topological polar surface area (TPSA) is 118 Å². The molecule has 3 heterocycles. The van der Waals surface area contributed by atoms with Crippen LogP contribution in [0.1, 0.15) is 106 Å². The molecule has 3 N–H and O–H groups in total. The summed E-state index contributed by atoms with van der Waals surface area (Å²) in [6.45, 7) is 17.7. The van der Waals surface area contributed by atoms with Gasteiger partial charge in [0.25, 0.3) is 0 Å². The molecule has 266 valence electrons. The first-order valence-corrected chi connectivity index (χ1v) is 18.9. The maximum atomic E-state index is 12.4. The first-order chi connectivity index (χ1) is 22.0. The zero-order chi connectivity index (χ0) is 33.5. The highest BCUT2D eigenvalue weighted by Gasteiger charge is 2.84. The number of rotatable bonds is 5. The maximum absolute atomic E-state index is 12.4. The Balaban J connectivity index is 1.02. The molecule has 0 aromatic heterocycles. The van der Waals surface area contributed by atoms with Gasteiger partial charge in [0.05, 0.1) is 49.8 Å². The van der Waals surface area contributed by atoms with Crippen LogP contribution in [-0.4, -0.2) is 101 Å². The standard InChI is InChI=1S/C38H61NO8/c1-21-18-23(30(40)34(4,5)43)46-29-28(21)35(6)13-14-38-20-37(38)12-10-26(33(2,3)24(37)8-9-25(38)36(35,7)31(29)41)47-27-19-39(15-17-44-27)22-11-16-45-32(22)42/h21-31,40-41,43H,8-20H2,1-7H3/t21-,22?,23?,24+,25?,26?,27?,28?,29?,30?,31+,35?,36-,37?,38?/m1/s1. The van der Waals surface area contributed by atoms with Crippen LogP contribution in [-0.2, 0) is 23.7 Å². The van der Waals surface area contributed by atoms with Crippen LogP contribution in [0.15, 0.2) is 0 Å². The second-order valence-electron chi connectivity index (χ2n) is 19.0. The van der Waals surface area contributed by atoms with Crippen molar-refractivity contribution in [3.05, 3.63) is 0 Å². The number of hydrogen-bond acceptors (Lipinski definition) is 9. The maximum Gasteiger partial charge on any atom is 0.323 e. The van der Waals surface area contributed by atoms with Gasteiger partial charge >= 0.3 is 5.97 Å². The smallest absolute Gasteiger partial charge is 0.323 e. The molecule has 11 unspecified atom stereocenters. The number of fused-ring (bicyclic) bond motifs is 4. The van der Waals surface area contributed by atoms with Crippen molar-refractivity contribution in [3.63, 3.8) is 0 Å². The highest BCUT2D eigenvalue weighted by atomic mass is 16.7. The van der Waals surface area contributed by atoms with Gasteiger partial charge in [0, 0.05) is 18.4 Å². The Bertz CT molecular complexity index is 1270. The number of hydrogen-bond donors (Lipinski definition) is 3. The first-order valence-electron chi connectivity index (χ1n) is 18.9. The van der Waals surface area contributed by atoms with Crippen LogP contribution < -0.4 is 0 Å². The second-order valence-corrected chi connectivity index (χ2v) is 19.0. The fraction of sp³-hybridized carbons (Fsp3) is 0.974. The van der Waals surface area contributed by atoms with Gasteiger partial charge in [-0.05, 0) is 111 Å². The van der Waals surface area contributed by atoms with E-state index in [1.165, 1.54) is 12.8 Å². The lowest BCUT2D eigenvalue weighted by Crippen LogP contribution is -2.60. The Morgan fingerprint density at radius 1 is 1.00 bits per heavy atom. The molecule has 9 nitrogen and oxygen atoms in total. The molecule has 8 fully saturated rings. The summed E-state index contributed by atoms with van der Waals surface area (Å²) in [6, 6.07) is -0.173. The number of cyclic esters (lactones) is 1. The third-order valence-corrected chi connectivity index (χ3v) is 16.6. The molecule has 8 rings (SSSR count). The van der Waals surface area contributed by atoms with E-state index >= 15 is 0 Å². The van der Waals surface area contributed by atoms with Crippen molar-refractivity contribution in [2.24, 2.45) is 50.7 Å². The van der Waals surface area contributed by atoms with Crippen molar-refractivity contribution >= 4 is 5.97 Å². The van der Waals surface area contributed by atoms with Crippen molar-refractivity contribution in [3.8, 4) is 0 Å². The van der Waals surface area contributed by atoms with E-state index in [0.29, 0.717) is 43.9 Å². The Morgan fingerprint density at radius 2 is 1.72 bits per heavy atom. The molecule has 0 aromatic rings. The van der Waals surface area contributed by atoms with Crippen LogP contribution in [0.3, 0.4) is 0 Å². The minimum atomic E-state index is -1.26. The minimum Gasteiger partial charge on any atom is -0.464 e. The van der Waals surface area contributed by atoms with Crippen LogP contribution >= 0.6 is 0 Å². The molecule has 0 radical (unpaired) electrons. The number of nitrogens with zero attached hydrogens (tertiary/aromatic N) is 1. The molecule has 5 saturated carbocycles. The summed E-state index contributed by atoms with van der Waals surface area (Å²) < 4.78 is 24.9. The zero-order valence-electron chi connectivity index (χ0n) is 29.9. The van der Waals surface area contributed by atoms with E-state index in [4.69, 9.17) is 18.9 Å². The monoisotopic (exact) mass is 659 g/mol. The van der Waals surface area contributed by atoms with Gasteiger partial charge in [-0.15, -0.1) is 0 Å². The van der Waals surface area contributed by atoms with Crippen molar-refractivity contribution < 1.29 is 39.1 Å². The van der Waals surface area contributed by atoms with Crippen molar-refractivity contribution in [2.45, 2.75) is 155 Å². The Hall–Kier alpha value is -0.810. The highest BCUT2D eigenvalue weighted by molar-refractivity contribution is 5.77. The van der Waals surface area contributed by atoms with Crippen LogP contribution in [0.2, 0.25) is 0 Å². The predicted octanol–water partition coefficient (Wildman–Crippen LogP) is 4.29. The van der Waals surface area contributed by atoms with Gasteiger partial charge in [-0.25, -0.2) is 0 Å². The summed E-state index contributed by atoms with van der Waals surface area (Å²) in [6.07, 6.45) is 6.87. The summed E-state index contributed by atoms with van der Waals surface area (Å²) in [7, 11) is 0. The molecule has 2 spiro atoms. The highest BCUT2D eigenvalue weighted by Crippen LogP contribution is 2.89. The van der Waals surface area contributed by atoms with Gasteiger partial charge in [0.1, 0.15) is 12.1 Å². The quantitative estimate of drug-likeness (QED) is 0.372. The number of carbonyl (C=O) groups excluding carboxylic acids is 1. The van der Waals surface area contributed by atoms with E-state index in [2.05, 4.69) is 39.5 Å². The van der Waals surface area contributed by atoms with E-state index in [-0.39, 0.29) is 63.5 Å². The molecule has 0 bridgehead atoms. The van der Waals surface area contributed by atoms with E-state index in [9.17, 15) is 20.1 Å². The van der Waals surface area contributed by atoms with Crippen LogP contribution in [0, 0.1) is 50.7 Å². The van der Waals surface area contributed by atoms with Gasteiger partial charge in [0.2, 0.25) is 0 Å². The second kappa shape index (κ2) is 10.6. The number of aliphatic hydroxyl groups excluding tert-OH is 2. The summed E-state index contributed by atoms with van der Waals surface area (Å²) in [5.74, 6) is 1.41. The van der Waals surface area contributed by atoms with E-state index in [0.717, 1.165) is 45.1 Å². The summed E-state index contributed by atoms with van der Waals surface area (Å²) in [5, 5.41) is 34.1. The summed E-state index contributed by atoms with van der Waals surface area (Å²) in [5.41, 5.74) is -1.04. The zero-order valence-corrected chi connectivity index (χ0v) is 29.9. The van der Waals surface area contributed by atoms with Crippen LogP contribution in [0.5, 0.6) is 0 Å². The van der Waals surface area contributed by atoms with Gasteiger partial charge < -0.3 is 34.3 Å². The molecular formula is C38H61NO8. The Morgan fingerprint density at radius 3 is 2.43 bits per heavy atom. The Kier molecular flexibility index (Phi) is 7.53. The molecule has 5 aliphatic carbocycles. The third kappa shape index (κ3) is 4.35. The summed E-state index contributed by atoms with van der Waals surface area (Å²) >= 11 is 0. The normalized spacial score (nSPS) is 54.4. The van der Waals surface area contributed by atoms with Crippen molar-refractivity contribution in [1.29, 1.82) is 0 Å². The minimum absolute atomic E-state index is 0.00728. The molecule has 47 heavy (non-hydrogen) atoms. The SMILES string of the molecule is C[C@@H]1CC(C(O)C(C)(C)O)OC2C1C1(C)CCC34CC35CCC(OC3CN(C6CCOC6=O)CCO3)C(C)(C)[C@@H]5CCC4[C@]1(C)[C@H]2O. The average molecular weight is 660 g/mol. The summed E-state index contributed by atoms with van der Waals surface area (Å²) in [4.78, 5) is 14.5. The van der Waals surface area contributed by atoms with Gasteiger partial charge in [-0.3, -0.25) is 9.69 Å². The molecule has 0 aromatic carbocycles. The van der Waals surface area contributed by atoms with Gasteiger partial charge in [0.15, 0.2) is 6.29 Å². The number of morpholine rings is 1. The lowest BCUT2D eigenvalue weighted by molar-refractivity contribution is -0.250. The van der Waals surface area contributed by atoms with E-state index in [1.54, 1.807) is 13.8 Å². The number of esters is 1. The molecule has 8 aliphatic rings. The third-order valence-electron chi connectivity index (χ3n) is 16.6. The predicted molar refractivity (Wildman–Crippen MR) is 174 cm³/mol. The fourth-order valence-electron chi connectivity index (χ4n) is 14.2. The number of aliphatic hydroxyl groups is 3. The number of ether oxygens (including phenoxy) is 4. The van der Waals surface area contributed by atoms with Crippen molar-refractivity contribution in [2.75, 3.05) is 26.3 Å². The molecule has 0 amide bonds. The largest absolute Gasteiger partial charge is 0.464 e. The molecule has 3 aliphatic heterocycles. The lowest BCUT2D eigenvalue weighted by Gasteiger charge is -2.64. The average Bonchev–Trinajstić information content (AvgIpc) is 3.41. The molecule has 15 atom stereocenters. The molecule has 3 saturated heterocycles. The van der Waals surface area contributed by atoms with Gasteiger partial charge in [-0.1, -0.05) is 34.6 Å². The van der Waals surface area contributed by atoms with E-state index in [1.807, 2.05) is 0 Å². The fourth-order valence-corrected chi connectivity index (χ4v) is 14.2. The number of carbonyl (C=O) groups is 1. The van der Waals surface area contributed by atoms with Crippen molar-refractivity contribution in [1.82, 2.24) is 4.90 Å². The van der Waals surface area contributed by atoms with Gasteiger partial charge in [-0.2, -0.15) is 0 Å². The lowest BCUT2D eigenvalue weighted by atomic mass is 9.41. The molecule has 9 heteroatoms. The van der Waals surface area contributed by atoms with Crippen LogP contribution in [0.25, 0.3) is 0 Å². The van der Waals surface area contributed by atoms with E-state index < -0.39 is 23.9 Å². The van der Waals surface area contributed by atoms with Crippen LogP contribution in [0.4, 0.5) is 0 Å². The molecular weight excluding hydrogens is 598 g/mol. The first kappa shape index (κ1) is 33.3.